The van der Waals surface area contributed by atoms with Crippen LogP contribution in [-0.2, 0) is 4.79 Å². The lowest BCUT2D eigenvalue weighted by molar-refractivity contribution is -0.113. The molecule has 3 rings (SSSR count). The number of carbonyl (C=O) groups excluding carboxylic acids is 1. The maximum absolute atomic E-state index is 12.3. The van der Waals surface area contributed by atoms with Crippen LogP contribution in [0.3, 0.4) is 0 Å². The van der Waals surface area contributed by atoms with Gasteiger partial charge in [-0.1, -0.05) is 47.7 Å². The summed E-state index contributed by atoms with van der Waals surface area (Å²) in [5.41, 5.74) is 4.36. The molecule has 7 heteroatoms. The number of aromatic nitrogens is 2. The van der Waals surface area contributed by atoms with Gasteiger partial charge in [0.2, 0.25) is 5.91 Å². The maximum atomic E-state index is 12.3. The molecule has 146 valence electrons. The van der Waals surface area contributed by atoms with Gasteiger partial charge in [-0.3, -0.25) is 9.59 Å². The van der Waals surface area contributed by atoms with Crippen LogP contribution in [0.1, 0.15) is 22.3 Å². The predicted octanol–water partition coefficient (Wildman–Crippen LogP) is 3.96. The van der Waals surface area contributed by atoms with Gasteiger partial charge in [-0.05, 0) is 44.0 Å². The second kappa shape index (κ2) is 8.76. The number of aromatic amines is 1. The molecule has 2 aromatic carbocycles. The van der Waals surface area contributed by atoms with Gasteiger partial charge in [0.1, 0.15) is 11.6 Å². The van der Waals surface area contributed by atoms with Crippen molar-refractivity contribution in [1.29, 1.82) is 5.26 Å². The number of hydrogen-bond acceptors (Lipinski definition) is 5. The second-order valence-electron chi connectivity index (χ2n) is 6.79. The van der Waals surface area contributed by atoms with Crippen molar-refractivity contribution in [3.05, 3.63) is 75.1 Å². The predicted molar refractivity (Wildman–Crippen MR) is 115 cm³/mol. The van der Waals surface area contributed by atoms with E-state index in [9.17, 15) is 14.9 Å². The number of nitrogens with one attached hydrogen (secondary N) is 2. The Hall–Kier alpha value is -3.37. The average molecular weight is 404 g/mol. The smallest absolute Gasteiger partial charge is 0.270 e. The molecule has 0 saturated carbocycles. The third kappa shape index (κ3) is 5.12. The first-order valence-electron chi connectivity index (χ1n) is 8.98. The van der Waals surface area contributed by atoms with Crippen LogP contribution in [0.25, 0.3) is 11.3 Å². The Bertz CT molecular complexity index is 1140. The molecule has 1 aromatic heterocycles. The maximum Gasteiger partial charge on any atom is 0.270 e. The summed E-state index contributed by atoms with van der Waals surface area (Å²) in [5.74, 6) is -0.126. The van der Waals surface area contributed by atoms with Crippen LogP contribution < -0.4 is 10.9 Å². The number of anilines is 1. The number of H-pyrrole nitrogens is 1. The number of aryl methyl sites for hydroxylation is 3. The Balaban J connectivity index is 1.79. The van der Waals surface area contributed by atoms with Crippen LogP contribution in [0.2, 0.25) is 0 Å². The zero-order chi connectivity index (χ0) is 21.0. The third-order valence-corrected chi connectivity index (χ3v) is 5.05. The Labute approximate surface area is 173 Å². The Morgan fingerprint density at radius 1 is 1.10 bits per heavy atom. The minimum Gasteiger partial charge on any atom is -0.325 e. The molecule has 0 fully saturated rings. The Morgan fingerprint density at radius 3 is 2.38 bits per heavy atom. The first-order chi connectivity index (χ1) is 13.9. The Kier molecular flexibility index (Phi) is 6.15. The van der Waals surface area contributed by atoms with Crippen molar-refractivity contribution in [2.45, 2.75) is 25.9 Å². The molecule has 0 spiro atoms. The van der Waals surface area contributed by atoms with E-state index in [4.69, 9.17) is 0 Å². The van der Waals surface area contributed by atoms with Crippen molar-refractivity contribution in [3.8, 4) is 17.3 Å². The Morgan fingerprint density at radius 2 is 1.76 bits per heavy atom. The highest BCUT2D eigenvalue weighted by atomic mass is 32.2. The minimum atomic E-state index is -0.518. The van der Waals surface area contributed by atoms with Gasteiger partial charge in [0.25, 0.3) is 5.56 Å². The van der Waals surface area contributed by atoms with Gasteiger partial charge < -0.3 is 10.3 Å². The van der Waals surface area contributed by atoms with E-state index in [1.54, 1.807) is 0 Å². The molecule has 1 amide bonds. The van der Waals surface area contributed by atoms with Gasteiger partial charge in [-0.2, -0.15) is 5.26 Å². The molecule has 2 N–H and O–H groups in total. The van der Waals surface area contributed by atoms with Crippen LogP contribution >= 0.6 is 11.8 Å². The van der Waals surface area contributed by atoms with E-state index >= 15 is 0 Å². The van der Waals surface area contributed by atoms with Crippen molar-refractivity contribution >= 4 is 23.4 Å². The fraction of sp³-hybridized carbons (Fsp3) is 0.182. The van der Waals surface area contributed by atoms with Gasteiger partial charge in [-0.25, -0.2) is 4.98 Å². The molecule has 0 aliphatic carbocycles. The van der Waals surface area contributed by atoms with E-state index in [2.05, 4.69) is 15.3 Å². The number of nitriles is 1. The van der Waals surface area contributed by atoms with E-state index < -0.39 is 5.56 Å². The molecule has 0 atom stereocenters. The quantitative estimate of drug-likeness (QED) is 0.495. The van der Waals surface area contributed by atoms with Crippen molar-refractivity contribution in [1.82, 2.24) is 9.97 Å². The molecule has 0 aliphatic heterocycles. The van der Waals surface area contributed by atoms with Crippen molar-refractivity contribution < 1.29 is 4.79 Å². The zero-order valence-electron chi connectivity index (χ0n) is 16.4. The molecule has 0 unspecified atom stereocenters. The van der Waals surface area contributed by atoms with Crippen molar-refractivity contribution in [2.24, 2.45) is 0 Å². The summed E-state index contributed by atoms with van der Waals surface area (Å²) in [7, 11) is 0. The summed E-state index contributed by atoms with van der Waals surface area (Å²) < 4.78 is 0. The number of carbonyl (C=O) groups is 1. The van der Waals surface area contributed by atoms with Crippen LogP contribution in [0.15, 0.2) is 52.4 Å². The van der Waals surface area contributed by atoms with Gasteiger partial charge in [-0.15, -0.1) is 0 Å². The van der Waals surface area contributed by atoms with E-state index in [0.717, 1.165) is 34.1 Å². The molecule has 1 heterocycles. The summed E-state index contributed by atoms with van der Waals surface area (Å²) in [6.45, 7) is 5.89. The highest BCUT2D eigenvalue weighted by Crippen LogP contribution is 2.22. The van der Waals surface area contributed by atoms with E-state index in [0.29, 0.717) is 16.4 Å². The van der Waals surface area contributed by atoms with E-state index in [1.165, 1.54) is 0 Å². The molecule has 0 aliphatic rings. The van der Waals surface area contributed by atoms with Gasteiger partial charge in [0.05, 0.1) is 11.4 Å². The second-order valence-corrected chi connectivity index (χ2v) is 7.75. The van der Waals surface area contributed by atoms with Crippen LogP contribution in [0.4, 0.5) is 5.69 Å². The molecule has 29 heavy (non-hydrogen) atoms. The summed E-state index contributed by atoms with van der Waals surface area (Å²) in [4.78, 5) is 31.6. The lowest BCUT2D eigenvalue weighted by atomic mass is 10.1. The number of benzene rings is 2. The first kappa shape index (κ1) is 20.4. The molecule has 0 bridgehead atoms. The fourth-order valence-corrected chi connectivity index (χ4v) is 3.58. The SMILES string of the molecule is Cc1ccc(-c2nc(SCC(=O)Nc3cc(C)cc(C)c3)[nH]c(=O)c2C#N)cc1. The number of amides is 1. The van der Waals surface area contributed by atoms with Crippen LogP contribution in [0, 0.1) is 32.1 Å². The topological polar surface area (TPSA) is 98.6 Å². The van der Waals surface area contributed by atoms with Crippen molar-refractivity contribution in [2.75, 3.05) is 11.1 Å². The lowest BCUT2D eigenvalue weighted by Gasteiger charge is -2.09. The zero-order valence-corrected chi connectivity index (χ0v) is 17.2. The van der Waals surface area contributed by atoms with E-state index in [-0.39, 0.29) is 17.2 Å². The van der Waals surface area contributed by atoms with Crippen LogP contribution in [0.5, 0.6) is 0 Å². The minimum absolute atomic E-state index is 0.0436. The first-order valence-corrected chi connectivity index (χ1v) is 9.96. The third-order valence-electron chi connectivity index (χ3n) is 4.18. The highest BCUT2D eigenvalue weighted by Gasteiger charge is 2.14. The summed E-state index contributed by atoms with van der Waals surface area (Å²) >= 11 is 1.11. The number of thioether (sulfide) groups is 1. The van der Waals surface area contributed by atoms with Gasteiger partial charge in [0, 0.05) is 11.3 Å². The van der Waals surface area contributed by atoms with Crippen molar-refractivity contribution in [3.63, 3.8) is 0 Å². The van der Waals surface area contributed by atoms with Crippen LogP contribution in [-0.4, -0.2) is 21.6 Å². The number of rotatable bonds is 5. The average Bonchev–Trinajstić information content (AvgIpc) is 2.65. The highest BCUT2D eigenvalue weighted by molar-refractivity contribution is 7.99. The molecular weight excluding hydrogens is 384 g/mol. The lowest BCUT2D eigenvalue weighted by Crippen LogP contribution is -2.17. The monoisotopic (exact) mass is 404 g/mol. The number of hydrogen-bond donors (Lipinski definition) is 2. The number of nitrogens with zero attached hydrogens (tertiary/aromatic N) is 2. The molecule has 0 radical (unpaired) electrons. The summed E-state index contributed by atoms with van der Waals surface area (Å²) in [5, 5.41) is 12.5. The molecule has 6 nitrogen and oxygen atoms in total. The normalized spacial score (nSPS) is 10.4. The van der Waals surface area contributed by atoms with Gasteiger partial charge in [0.15, 0.2) is 5.16 Å². The van der Waals surface area contributed by atoms with E-state index in [1.807, 2.05) is 69.3 Å². The largest absolute Gasteiger partial charge is 0.325 e. The fourth-order valence-electron chi connectivity index (χ4n) is 2.92. The summed E-state index contributed by atoms with van der Waals surface area (Å²) in [6, 6.07) is 15.2. The summed E-state index contributed by atoms with van der Waals surface area (Å²) in [6.07, 6.45) is 0. The molecule has 0 saturated heterocycles. The molecular formula is C22H20N4O2S. The van der Waals surface area contributed by atoms with Gasteiger partial charge >= 0.3 is 0 Å². The molecule has 3 aromatic rings. The standard InChI is InChI=1S/C22H20N4O2S/c1-13-4-6-16(7-5-13)20-18(11-23)21(28)26-22(25-20)29-12-19(27)24-17-9-14(2)8-15(3)10-17/h4-10H,12H2,1-3H3,(H,24,27)(H,25,26,28).